The molecule has 0 aliphatic heterocycles. The third kappa shape index (κ3) is 3.53. The van der Waals surface area contributed by atoms with E-state index in [1.54, 1.807) is 13.0 Å². The molecule has 0 heterocycles. The lowest BCUT2D eigenvalue weighted by Crippen LogP contribution is -2.35. The van der Waals surface area contributed by atoms with Crippen LogP contribution >= 0.6 is 0 Å². The second kappa shape index (κ2) is 6.15. The average molecular weight is 265 g/mol. The molecule has 0 bridgehead atoms. The van der Waals surface area contributed by atoms with Gasteiger partial charge in [-0.05, 0) is 43.4 Å². The molecule has 3 nitrogen and oxygen atoms in total. The number of nitrogens with one attached hydrogen (secondary N) is 1. The number of carbonyl (C=O) groups is 1. The van der Waals surface area contributed by atoms with Gasteiger partial charge in [0.2, 0.25) is 0 Å². The van der Waals surface area contributed by atoms with Gasteiger partial charge in [0.05, 0.1) is 6.10 Å². The Morgan fingerprint density at radius 2 is 2.16 bits per heavy atom. The minimum absolute atomic E-state index is 0.236. The fourth-order valence-electron chi connectivity index (χ4n) is 2.64. The topological polar surface area (TPSA) is 49.3 Å². The number of aliphatic hydroxyl groups is 1. The van der Waals surface area contributed by atoms with Gasteiger partial charge in [-0.2, -0.15) is 0 Å². The number of aliphatic hydroxyl groups excluding tert-OH is 1. The molecule has 0 aromatic heterocycles. The van der Waals surface area contributed by atoms with Crippen molar-refractivity contribution in [1.29, 1.82) is 0 Å². The fraction of sp³-hybridized carbons (Fsp3) is 0.533. The standard InChI is InChI=1S/C15H20FNO2/c1-10-6-7-12(16)8-13(10)15(19)17-9-14(18)11-4-2-3-5-11/h6-8,11,14,18H,2-5,9H2,1H3,(H,17,19). The van der Waals surface area contributed by atoms with Gasteiger partial charge in [0.1, 0.15) is 5.82 Å². The van der Waals surface area contributed by atoms with Gasteiger partial charge < -0.3 is 10.4 Å². The second-order valence-electron chi connectivity index (χ2n) is 5.28. The van der Waals surface area contributed by atoms with E-state index in [1.165, 1.54) is 12.1 Å². The molecule has 1 aliphatic carbocycles. The van der Waals surface area contributed by atoms with Crippen molar-refractivity contribution < 1.29 is 14.3 Å². The summed E-state index contributed by atoms with van der Waals surface area (Å²) in [5, 5.41) is 12.7. The largest absolute Gasteiger partial charge is 0.391 e. The van der Waals surface area contributed by atoms with E-state index in [-0.39, 0.29) is 18.4 Å². The Balaban J connectivity index is 1.91. The summed E-state index contributed by atoms with van der Waals surface area (Å²) < 4.78 is 13.1. The fourth-order valence-corrected chi connectivity index (χ4v) is 2.64. The molecular weight excluding hydrogens is 245 g/mol. The molecule has 1 amide bonds. The van der Waals surface area contributed by atoms with Crippen LogP contribution in [0.2, 0.25) is 0 Å². The molecule has 1 aromatic rings. The van der Waals surface area contributed by atoms with Crippen LogP contribution in [0.3, 0.4) is 0 Å². The Hall–Kier alpha value is -1.42. The van der Waals surface area contributed by atoms with Gasteiger partial charge in [0.15, 0.2) is 0 Å². The summed E-state index contributed by atoms with van der Waals surface area (Å²) in [6.45, 7) is 2.00. The first-order chi connectivity index (χ1) is 9.08. The minimum atomic E-state index is -0.500. The number of aryl methyl sites for hydroxylation is 1. The summed E-state index contributed by atoms with van der Waals surface area (Å²) >= 11 is 0. The molecule has 2 N–H and O–H groups in total. The molecule has 1 aromatic carbocycles. The number of hydrogen-bond donors (Lipinski definition) is 2. The molecular formula is C15H20FNO2. The van der Waals surface area contributed by atoms with Crippen LogP contribution in [0.15, 0.2) is 18.2 Å². The third-order valence-electron chi connectivity index (χ3n) is 3.86. The lowest BCUT2D eigenvalue weighted by molar-refractivity contribution is 0.0840. The molecule has 2 rings (SSSR count). The smallest absolute Gasteiger partial charge is 0.251 e. The van der Waals surface area contributed by atoms with Crippen LogP contribution in [0.25, 0.3) is 0 Å². The van der Waals surface area contributed by atoms with Crippen molar-refractivity contribution in [2.45, 2.75) is 38.7 Å². The Morgan fingerprint density at radius 1 is 1.47 bits per heavy atom. The monoisotopic (exact) mass is 265 g/mol. The summed E-state index contributed by atoms with van der Waals surface area (Å²) in [7, 11) is 0. The van der Waals surface area contributed by atoms with Crippen molar-refractivity contribution >= 4 is 5.91 Å². The van der Waals surface area contributed by atoms with Crippen LogP contribution in [0.1, 0.15) is 41.6 Å². The highest BCUT2D eigenvalue weighted by atomic mass is 19.1. The molecule has 0 spiro atoms. The van der Waals surface area contributed by atoms with E-state index in [0.717, 1.165) is 31.2 Å². The molecule has 1 fully saturated rings. The molecule has 19 heavy (non-hydrogen) atoms. The lowest BCUT2D eigenvalue weighted by Gasteiger charge is -2.18. The van der Waals surface area contributed by atoms with Crippen LogP contribution in [-0.4, -0.2) is 23.7 Å². The normalized spacial score (nSPS) is 17.4. The first-order valence-electron chi connectivity index (χ1n) is 6.80. The first kappa shape index (κ1) is 14.0. The molecule has 104 valence electrons. The van der Waals surface area contributed by atoms with Crippen LogP contribution < -0.4 is 5.32 Å². The maximum atomic E-state index is 13.1. The summed E-state index contributed by atoms with van der Waals surface area (Å²) in [5.74, 6) is -0.463. The van der Waals surface area contributed by atoms with Crippen LogP contribution in [0.5, 0.6) is 0 Å². The zero-order valence-corrected chi connectivity index (χ0v) is 11.2. The number of amides is 1. The average Bonchev–Trinajstić information content (AvgIpc) is 2.92. The number of rotatable bonds is 4. The third-order valence-corrected chi connectivity index (χ3v) is 3.86. The van der Waals surface area contributed by atoms with Gasteiger partial charge in [0.25, 0.3) is 5.91 Å². The summed E-state index contributed by atoms with van der Waals surface area (Å²) in [6.07, 6.45) is 3.85. The van der Waals surface area contributed by atoms with E-state index in [2.05, 4.69) is 5.32 Å². The zero-order valence-electron chi connectivity index (χ0n) is 11.2. The van der Waals surface area contributed by atoms with Crippen LogP contribution in [0, 0.1) is 18.7 Å². The molecule has 4 heteroatoms. The molecule has 1 unspecified atom stereocenters. The van der Waals surface area contributed by atoms with Gasteiger partial charge in [-0.3, -0.25) is 4.79 Å². The van der Waals surface area contributed by atoms with Crippen molar-refractivity contribution in [3.05, 3.63) is 35.1 Å². The molecule has 1 aliphatic rings. The maximum Gasteiger partial charge on any atom is 0.251 e. The van der Waals surface area contributed by atoms with E-state index in [9.17, 15) is 14.3 Å². The number of halogens is 1. The Labute approximate surface area is 112 Å². The second-order valence-corrected chi connectivity index (χ2v) is 5.28. The van der Waals surface area contributed by atoms with Crippen molar-refractivity contribution in [3.8, 4) is 0 Å². The molecule has 1 saturated carbocycles. The first-order valence-corrected chi connectivity index (χ1v) is 6.80. The van der Waals surface area contributed by atoms with Crippen molar-refractivity contribution in [1.82, 2.24) is 5.32 Å². The summed E-state index contributed by atoms with van der Waals surface area (Å²) in [4.78, 5) is 11.9. The van der Waals surface area contributed by atoms with E-state index in [1.807, 2.05) is 0 Å². The van der Waals surface area contributed by atoms with Gasteiger partial charge in [-0.25, -0.2) is 4.39 Å². The quantitative estimate of drug-likeness (QED) is 0.878. The Morgan fingerprint density at radius 3 is 2.84 bits per heavy atom. The van der Waals surface area contributed by atoms with Crippen molar-refractivity contribution in [2.75, 3.05) is 6.54 Å². The molecule has 0 saturated heterocycles. The SMILES string of the molecule is Cc1ccc(F)cc1C(=O)NCC(O)C1CCCC1. The highest BCUT2D eigenvalue weighted by Gasteiger charge is 2.23. The zero-order chi connectivity index (χ0) is 13.8. The predicted octanol–water partition coefficient (Wildman–Crippen LogP) is 2.42. The maximum absolute atomic E-state index is 13.1. The Bertz CT molecular complexity index is 455. The van der Waals surface area contributed by atoms with E-state index < -0.39 is 11.9 Å². The predicted molar refractivity (Wildman–Crippen MR) is 71.4 cm³/mol. The Kier molecular flexibility index (Phi) is 4.53. The molecule has 0 radical (unpaired) electrons. The van der Waals surface area contributed by atoms with Gasteiger partial charge in [0, 0.05) is 12.1 Å². The van der Waals surface area contributed by atoms with Gasteiger partial charge in [-0.15, -0.1) is 0 Å². The van der Waals surface area contributed by atoms with E-state index >= 15 is 0 Å². The van der Waals surface area contributed by atoms with Crippen molar-refractivity contribution in [3.63, 3.8) is 0 Å². The van der Waals surface area contributed by atoms with Gasteiger partial charge >= 0.3 is 0 Å². The molecule has 1 atom stereocenters. The highest BCUT2D eigenvalue weighted by Crippen LogP contribution is 2.27. The van der Waals surface area contributed by atoms with E-state index in [0.29, 0.717) is 5.56 Å². The number of carbonyl (C=O) groups excluding carboxylic acids is 1. The summed E-state index contributed by atoms with van der Waals surface area (Å²) in [5.41, 5.74) is 1.06. The van der Waals surface area contributed by atoms with Crippen LogP contribution in [0.4, 0.5) is 4.39 Å². The summed E-state index contributed by atoms with van der Waals surface area (Å²) in [6, 6.07) is 4.14. The van der Waals surface area contributed by atoms with Crippen LogP contribution in [-0.2, 0) is 0 Å². The number of hydrogen-bond acceptors (Lipinski definition) is 2. The van der Waals surface area contributed by atoms with Gasteiger partial charge in [-0.1, -0.05) is 18.9 Å². The number of benzene rings is 1. The minimum Gasteiger partial charge on any atom is -0.391 e. The van der Waals surface area contributed by atoms with E-state index in [4.69, 9.17) is 0 Å². The van der Waals surface area contributed by atoms with Crippen molar-refractivity contribution in [2.24, 2.45) is 5.92 Å². The lowest BCUT2D eigenvalue weighted by atomic mass is 10.0. The highest BCUT2D eigenvalue weighted by molar-refractivity contribution is 5.95.